The standard InChI is InChI=1S/2C12H8N2.2C6H6ClNO3S.4H2O.Zn/c2*1-3-9-5-6-10-4-2-8-14-12(10)11(9)13-7-1;2*7-5-2-1-4(3-6(5)8)12(9,10)11;;;;;/h2*1-8H;2*1-3H,8H2,(H,9,10,11);4*1H2;/q;;;;;;;;+2. The number of halogens is 2. The fourth-order valence-corrected chi connectivity index (χ4v) is 5.96. The number of hydrogen-bond donors (Lipinski definition) is 2. The molecule has 4 aromatic heterocycles. The van der Waals surface area contributed by atoms with Gasteiger partial charge in [-0.25, -0.2) is 16.8 Å². The summed E-state index contributed by atoms with van der Waals surface area (Å²) in [6, 6.07) is 31.1. The summed E-state index contributed by atoms with van der Waals surface area (Å²) in [7, 11) is -8.86. The Morgan fingerprint density at radius 2 is 0.702 bits per heavy atom. The number of pyridine rings is 4. The van der Waals surface area contributed by atoms with Gasteiger partial charge in [-0.3, -0.25) is 19.9 Å². The SMILES string of the molecule is Nc1cc(S(=O)(=O)[O-])ccc1Cl.Nc1cc(S(=O)(=O)[O-])ccc1Cl.O.O.[OH3+].[OH3+].[Zn+2].c1cnc2c(c1)ccc1cccnc12.c1cnc2c(c1)ccc1cccnc12. The number of nitrogen functional groups attached to an aromatic ring is 2. The van der Waals surface area contributed by atoms with Crippen LogP contribution in [0.2, 0.25) is 10.0 Å². The molecular weight excluding hydrogens is 877 g/mol. The zero-order valence-electron chi connectivity index (χ0n) is 29.5. The van der Waals surface area contributed by atoms with E-state index in [0.717, 1.165) is 67.9 Å². The molecule has 8 rings (SSSR count). The van der Waals surface area contributed by atoms with E-state index in [2.05, 4.69) is 68.5 Å². The molecular formula is C36H36Cl2N6O10S2Zn+2. The van der Waals surface area contributed by atoms with Crippen LogP contribution in [0, 0.1) is 0 Å². The summed E-state index contributed by atoms with van der Waals surface area (Å²) in [6.07, 6.45) is 7.21. The molecule has 0 unspecified atom stereocenters. The van der Waals surface area contributed by atoms with E-state index in [9.17, 15) is 25.9 Å². The van der Waals surface area contributed by atoms with Gasteiger partial charge >= 0.3 is 19.5 Å². The van der Waals surface area contributed by atoms with Crippen LogP contribution >= 0.6 is 23.2 Å². The van der Waals surface area contributed by atoms with Crippen molar-refractivity contribution < 1.29 is 67.3 Å². The summed E-state index contributed by atoms with van der Waals surface area (Å²) >= 11 is 11.0. The van der Waals surface area contributed by atoms with Crippen LogP contribution < -0.4 is 11.5 Å². The van der Waals surface area contributed by atoms with E-state index in [4.69, 9.17) is 34.7 Å². The van der Waals surface area contributed by atoms with E-state index in [-0.39, 0.29) is 72.6 Å². The van der Waals surface area contributed by atoms with Gasteiger partial charge in [-0.15, -0.1) is 0 Å². The summed E-state index contributed by atoms with van der Waals surface area (Å²) in [6.45, 7) is 0. The molecule has 0 aliphatic carbocycles. The van der Waals surface area contributed by atoms with E-state index in [1.165, 1.54) is 12.1 Å². The molecule has 0 atom stereocenters. The molecule has 296 valence electrons. The Morgan fingerprint density at radius 3 is 0.912 bits per heavy atom. The quantitative estimate of drug-likeness (QED) is 0.0824. The first kappa shape index (κ1) is 52.0. The van der Waals surface area contributed by atoms with Gasteiger partial charge in [0, 0.05) is 46.3 Å². The van der Waals surface area contributed by atoms with Gasteiger partial charge in [-0.05, 0) is 60.7 Å². The van der Waals surface area contributed by atoms with Crippen molar-refractivity contribution in [3.63, 3.8) is 0 Å². The second-order valence-electron chi connectivity index (χ2n) is 10.7. The van der Waals surface area contributed by atoms with Crippen LogP contribution in [0.1, 0.15) is 0 Å². The predicted octanol–water partition coefficient (Wildman–Crippen LogP) is 3.72. The average molecular weight is 913 g/mol. The van der Waals surface area contributed by atoms with Crippen molar-refractivity contribution in [1.82, 2.24) is 19.9 Å². The number of fused-ring (bicyclic) bond motifs is 6. The Bertz CT molecular complexity index is 2490. The zero-order chi connectivity index (χ0) is 37.5. The van der Waals surface area contributed by atoms with Gasteiger partial charge in [0.1, 0.15) is 20.2 Å². The maximum absolute atomic E-state index is 10.4. The zero-order valence-corrected chi connectivity index (χ0v) is 35.6. The van der Waals surface area contributed by atoms with Crippen molar-refractivity contribution in [2.24, 2.45) is 0 Å². The molecule has 8 aromatic rings. The third kappa shape index (κ3) is 13.6. The molecule has 4 heterocycles. The van der Waals surface area contributed by atoms with E-state index in [0.29, 0.717) is 0 Å². The molecule has 0 aliphatic heterocycles. The molecule has 0 aliphatic rings. The van der Waals surface area contributed by atoms with E-state index in [1.807, 2.05) is 24.3 Å². The van der Waals surface area contributed by atoms with E-state index >= 15 is 0 Å². The van der Waals surface area contributed by atoms with Gasteiger partial charge in [-0.1, -0.05) is 71.7 Å². The topological polar surface area (TPSA) is 347 Å². The van der Waals surface area contributed by atoms with Gasteiger partial charge in [0.2, 0.25) is 0 Å². The molecule has 14 N–H and O–H groups in total. The molecule has 0 fully saturated rings. The Hall–Kier alpha value is -5.02. The third-order valence-corrected chi connectivity index (χ3v) is 9.55. The van der Waals surface area contributed by atoms with Crippen molar-refractivity contribution >= 4 is 98.4 Å². The monoisotopic (exact) mass is 910 g/mol. The first-order valence-corrected chi connectivity index (χ1v) is 18.5. The average Bonchev–Trinajstić information content (AvgIpc) is 3.14. The molecule has 21 heteroatoms. The number of rotatable bonds is 2. The van der Waals surface area contributed by atoms with Crippen molar-refractivity contribution in [2.45, 2.75) is 9.79 Å². The maximum Gasteiger partial charge on any atom is 2.00 e. The molecule has 0 radical (unpaired) electrons. The van der Waals surface area contributed by atoms with Crippen LogP contribution in [0.25, 0.3) is 43.6 Å². The summed E-state index contributed by atoms with van der Waals surface area (Å²) in [5.74, 6) is 0. The van der Waals surface area contributed by atoms with E-state index in [1.54, 1.807) is 24.8 Å². The minimum atomic E-state index is -4.43. The number of hydrogen-bond acceptors (Lipinski definition) is 12. The van der Waals surface area contributed by atoms with Gasteiger partial charge < -0.3 is 42.5 Å². The number of nitrogens with zero attached hydrogens (tertiary/aromatic N) is 4. The van der Waals surface area contributed by atoms with Crippen molar-refractivity contribution in [3.8, 4) is 0 Å². The maximum atomic E-state index is 10.4. The van der Waals surface area contributed by atoms with E-state index < -0.39 is 20.2 Å². The van der Waals surface area contributed by atoms with Crippen molar-refractivity contribution in [3.05, 3.63) is 144 Å². The Labute approximate surface area is 349 Å². The smallest absolute Gasteiger partial charge is 0.744 e. The largest absolute Gasteiger partial charge is 2.00 e. The van der Waals surface area contributed by atoms with Crippen LogP contribution in [0.15, 0.2) is 144 Å². The van der Waals surface area contributed by atoms with Gasteiger partial charge in [0.25, 0.3) is 0 Å². The second kappa shape index (κ2) is 22.7. The Kier molecular flexibility index (Phi) is 20.7. The Balaban J connectivity index is 0.000000715. The molecule has 4 aromatic carbocycles. The van der Waals surface area contributed by atoms with Crippen LogP contribution in [0.3, 0.4) is 0 Å². The molecule has 57 heavy (non-hydrogen) atoms. The van der Waals surface area contributed by atoms with Crippen LogP contribution in [-0.4, -0.2) is 56.8 Å². The predicted molar refractivity (Wildman–Crippen MR) is 219 cm³/mol. The van der Waals surface area contributed by atoms with Crippen LogP contribution in [0.4, 0.5) is 11.4 Å². The summed E-state index contributed by atoms with van der Waals surface area (Å²) in [4.78, 5) is 16.6. The minimum absolute atomic E-state index is 0. The molecule has 0 saturated heterocycles. The first-order chi connectivity index (χ1) is 24.7. The normalized spacial score (nSPS) is 10.2. The van der Waals surface area contributed by atoms with Crippen LogP contribution in [0.5, 0.6) is 0 Å². The first-order valence-electron chi connectivity index (χ1n) is 14.9. The third-order valence-electron chi connectivity index (χ3n) is 7.20. The number of benzene rings is 4. The molecule has 0 spiro atoms. The number of aromatic nitrogens is 4. The fraction of sp³-hybridized carbons (Fsp3) is 0. The minimum Gasteiger partial charge on any atom is -0.744 e. The van der Waals surface area contributed by atoms with Gasteiger partial charge in [-0.2, -0.15) is 0 Å². The van der Waals surface area contributed by atoms with Crippen molar-refractivity contribution in [1.29, 1.82) is 0 Å². The van der Waals surface area contributed by atoms with Crippen LogP contribution in [-0.2, 0) is 50.7 Å². The molecule has 0 bridgehead atoms. The van der Waals surface area contributed by atoms with Gasteiger partial charge in [0.05, 0.1) is 53.3 Å². The Morgan fingerprint density at radius 1 is 0.456 bits per heavy atom. The molecule has 0 amide bonds. The number of nitrogens with two attached hydrogens (primary N) is 2. The van der Waals surface area contributed by atoms with Crippen molar-refractivity contribution in [2.75, 3.05) is 11.5 Å². The summed E-state index contributed by atoms with van der Waals surface area (Å²) in [5, 5.41) is 5.00. The number of anilines is 2. The summed E-state index contributed by atoms with van der Waals surface area (Å²) in [5.41, 5.74) is 14.6. The molecule has 0 saturated carbocycles. The molecule has 16 nitrogen and oxygen atoms in total. The van der Waals surface area contributed by atoms with Gasteiger partial charge in [0.15, 0.2) is 0 Å². The summed E-state index contributed by atoms with van der Waals surface area (Å²) < 4.78 is 62.7. The fourth-order valence-electron chi connectivity index (χ4n) is 4.71. The second-order valence-corrected chi connectivity index (χ2v) is 14.3.